The van der Waals surface area contributed by atoms with Crippen molar-refractivity contribution in [3.63, 3.8) is 0 Å². The third-order valence-corrected chi connectivity index (χ3v) is 6.64. The van der Waals surface area contributed by atoms with Crippen LogP contribution < -0.4 is 10.6 Å². The first-order valence-corrected chi connectivity index (χ1v) is 11.3. The number of aliphatic hydroxyl groups excluding tert-OH is 1. The summed E-state index contributed by atoms with van der Waals surface area (Å²) in [6, 6.07) is -2.13. The normalized spacial score (nSPS) is 29.7. The summed E-state index contributed by atoms with van der Waals surface area (Å²) in [5, 5.41) is 15.5. The van der Waals surface area contributed by atoms with Crippen molar-refractivity contribution in [1.29, 1.82) is 0 Å². The highest BCUT2D eigenvalue weighted by Gasteiger charge is 2.61. The molecule has 33 heavy (non-hydrogen) atoms. The van der Waals surface area contributed by atoms with E-state index in [2.05, 4.69) is 23.8 Å². The maximum absolute atomic E-state index is 13.3. The number of carbonyl (C=O) groups is 4. The van der Waals surface area contributed by atoms with Crippen LogP contribution in [0.1, 0.15) is 45.4 Å². The van der Waals surface area contributed by atoms with Crippen LogP contribution in [-0.2, 0) is 23.9 Å². The van der Waals surface area contributed by atoms with Crippen molar-refractivity contribution in [3.05, 3.63) is 24.8 Å². The first kappa shape index (κ1) is 24.8. The van der Waals surface area contributed by atoms with Crippen molar-refractivity contribution in [2.45, 2.75) is 75.3 Å². The first-order chi connectivity index (χ1) is 15.6. The fourth-order valence-corrected chi connectivity index (χ4v) is 4.66. The van der Waals surface area contributed by atoms with Gasteiger partial charge in [-0.1, -0.05) is 12.7 Å². The SMILES string of the molecule is C=C[C@@H]1C[C@]1(NC(=O)[C@@H]1C[C@H](O)CN1C(=O)[C@@H](NC(=O)OC1CCCC1)C(=C)C)C(=O)OC. The van der Waals surface area contributed by atoms with Gasteiger partial charge in [-0.05, 0) is 44.6 Å². The minimum absolute atomic E-state index is 0.00299. The summed E-state index contributed by atoms with van der Waals surface area (Å²) < 4.78 is 10.2. The minimum Gasteiger partial charge on any atom is -0.467 e. The largest absolute Gasteiger partial charge is 0.467 e. The van der Waals surface area contributed by atoms with Gasteiger partial charge in [-0.3, -0.25) is 9.59 Å². The summed E-state index contributed by atoms with van der Waals surface area (Å²) in [7, 11) is 1.23. The average molecular weight is 464 g/mol. The molecule has 3 N–H and O–H groups in total. The number of nitrogens with one attached hydrogen (secondary N) is 2. The molecule has 3 amide bonds. The molecule has 3 fully saturated rings. The third-order valence-electron chi connectivity index (χ3n) is 6.64. The van der Waals surface area contributed by atoms with Crippen molar-refractivity contribution < 1.29 is 33.8 Å². The zero-order valence-electron chi connectivity index (χ0n) is 19.2. The van der Waals surface area contributed by atoms with Crippen LogP contribution in [-0.4, -0.2) is 77.4 Å². The summed E-state index contributed by atoms with van der Waals surface area (Å²) in [5.74, 6) is -2.03. The highest BCUT2D eigenvalue weighted by molar-refractivity contribution is 5.97. The number of hydrogen-bond acceptors (Lipinski definition) is 7. The van der Waals surface area contributed by atoms with E-state index >= 15 is 0 Å². The Hall–Kier alpha value is -2.88. The van der Waals surface area contributed by atoms with Gasteiger partial charge in [0.25, 0.3) is 0 Å². The van der Waals surface area contributed by atoms with Crippen LogP contribution in [0.5, 0.6) is 0 Å². The van der Waals surface area contributed by atoms with Gasteiger partial charge in [-0.25, -0.2) is 9.59 Å². The molecule has 0 aromatic rings. The number of esters is 1. The Morgan fingerprint density at radius 3 is 2.45 bits per heavy atom. The van der Waals surface area contributed by atoms with Crippen molar-refractivity contribution in [1.82, 2.24) is 15.5 Å². The number of nitrogens with zero attached hydrogens (tertiary/aromatic N) is 1. The molecular formula is C23H33N3O7. The number of aliphatic hydroxyl groups is 1. The van der Waals surface area contributed by atoms with Gasteiger partial charge in [-0.2, -0.15) is 0 Å². The quantitative estimate of drug-likeness (QED) is 0.358. The molecular weight excluding hydrogens is 430 g/mol. The molecule has 10 heteroatoms. The molecule has 3 aliphatic rings. The second kappa shape index (κ2) is 9.94. The van der Waals surface area contributed by atoms with Gasteiger partial charge in [0.15, 0.2) is 0 Å². The summed E-state index contributed by atoms with van der Waals surface area (Å²) in [6.45, 7) is 8.97. The Morgan fingerprint density at radius 1 is 1.24 bits per heavy atom. The summed E-state index contributed by atoms with van der Waals surface area (Å²) >= 11 is 0. The number of amides is 3. The molecule has 2 saturated carbocycles. The smallest absolute Gasteiger partial charge is 0.408 e. The van der Waals surface area contributed by atoms with Gasteiger partial charge in [0.1, 0.15) is 23.7 Å². The van der Waals surface area contributed by atoms with Crippen LogP contribution in [0.4, 0.5) is 4.79 Å². The van der Waals surface area contributed by atoms with E-state index in [0.29, 0.717) is 12.0 Å². The molecule has 0 aromatic heterocycles. The van der Waals surface area contributed by atoms with Gasteiger partial charge in [0.2, 0.25) is 11.8 Å². The number of alkyl carbamates (subject to hydrolysis) is 1. The molecule has 0 spiro atoms. The highest BCUT2D eigenvalue weighted by atomic mass is 16.6. The lowest BCUT2D eigenvalue weighted by molar-refractivity contribution is -0.148. The Labute approximate surface area is 193 Å². The van der Waals surface area contributed by atoms with Crippen LogP contribution in [0.3, 0.4) is 0 Å². The molecule has 0 bridgehead atoms. The fraction of sp³-hybridized carbons (Fsp3) is 0.652. The molecule has 5 atom stereocenters. The average Bonchev–Trinajstić information content (AvgIpc) is 3.07. The number of carbonyl (C=O) groups excluding carboxylic acids is 4. The fourth-order valence-electron chi connectivity index (χ4n) is 4.66. The Morgan fingerprint density at radius 2 is 1.91 bits per heavy atom. The van der Waals surface area contributed by atoms with E-state index in [-0.39, 0.29) is 25.0 Å². The maximum atomic E-state index is 13.3. The van der Waals surface area contributed by atoms with Gasteiger partial charge < -0.3 is 30.1 Å². The molecule has 0 radical (unpaired) electrons. The Kier molecular flexibility index (Phi) is 7.46. The lowest BCUT2D eigenvalue weighted by atomic mass is 10.1. The molecule has 1 aliphatic heterocycles. The van der Waals surface area contributed by atoms with Crippen LogP contribution in [0, 0.1) is 5.92 Å². The van der Waals surface area contributed by atoms with Crippen LogP contribution >= 0.6 is 0 Å². The zero-order valence-corrected chi connectivity index (χ0v) is 19.2. The summed E-state index contributed by atoms with van der Waals surface area (Å²) in [4.78, 5) is 52.2. The molecule has 0 aromatic carbocycles. The summed E-state index contributed by atoms with van der Waals surface area (Å²) in [5.41, 5.74) is -0.851. The Bertz CT molecular complexity index is 838. The number of hydrogen-bond donors (Lipinski definition) is 3. The van der Waals surface area contributed by atoms with E-state index in [9.17, 15) is 24.3 Å². The zero-order chi connectivity index (χ0) is 24.3. The van der Waals surface area contributed by atoms with Gasteiger partial charge in [-0.15, -0.1) is 6.58 Å². The van der Waals surface area contributed by atoms with E-state index in [1.54, 1.807) is 13.0 Å². The lowest BCUT2D eigenvalue weighted by Crippen LogP contribution is -2.56. The van der Waals surface area contributed by atoms with Crippen molar-refractivity contribution >= 4 is 23.9 Å². The van der Waals surface area contributed by atoms with E-state index in [1.165, 1.54) is 12.0 Å². The predicted octanol–water partition coefficient (Wildman–Crippen LogP) is 0.796. The maximum Gasteiger partial charge on any atom is 0.408 e. The van der Waals surface area contributed by atoms with Crippen molar-refractivity contribution in [3.8, 4) is 0 Å². The predicted molar refractivity (Wildman–Crippen MR) is 118 cm³/mol. The molecule has 1 heterocycles. The van der Waals surface area contributed by atoms with Crippen LogP contribution in [0.15, 0.2) is 24.8 Å². The number of ether oxygens (including phenoxy) is 2. The minimum atomic E-state index is -1.22. The monoisotopic (exact) mass is 463 g/mol. The highest BCUT2D eigenvalue weighted by Crippen LogP contribution is 2.45. The van der Waals surface area contributed by atoms with Gasteiger partial charge >= 0.3 is 12.1 Å². The Balaban J connectivity index is 1.70. The van der Waals surface area contributed by atoms with E-state index < -0.39 is 47.6 Å². The lowest BCUT2D eigenvalue weighted by Gasteiger charge is -2.29. The molecule has 1 saturated heterocycles. The molecule has 3 rings (SSSR count). The van der Waals surface area contributed by atoms with E-state index in [0.717, 1.165) is 25.7 Å². The van der Waals surface area contributed by atoms with Crippen LogP contribution in [0.25, 0.3) is 0 Å². The molecule has 10 nitrogen and oxygen atoms in total. The second-order valence-corrected chi connectivity index (χ2v) is 9.13. The molecule has 0 unspecified atom stereocenters. The van der Waals surface area contributed by atoms with E-state index in [4.69, 9.17) is 9.47 Å². The molecule has 2 aliphatic carbocycles. The number of methoxy groups -OCH3 is 1. The van der Waals surface area contributed by atoms with Crippen LogP contribution in [0.2, 0.25) is 0 Å². The first-order valence-electron chi connectivity index (χ1n) is 11.3. The molecule has 182 valence electrons. The second-order valence-electron chi connectivity index (χ2n) is 9.13. The summed E-state index contributed by atoms with van der Waals surface area (Å²) in [6.07, 6.45) is 3.64. The van der Waals surface area contributed by atoms with Gasteiger partial charge in [0.05, 0.1) is 13.2 Å². The standard InChI is InChI=1S/C23H33N3O7/c1-5-14-11-23(14,21(30)32-4)25-19(28)17-10-15(27)12-26(17)20(29)18(13(2)3)24-22(31)33-16-8-6-7-9-16/h5,14-18,27H,1-2,6-12H2,3-4H3,(H,24,31)(H,25,28)/t14-,15+,17+,18+,23-/m1/s1. The van der Waals surface area contributed by atoms with Crippen molar-refractivity contribution in [2.75, 3.05) is 13.7 Å². The van der Waals surface area contributed by atoms with Gasteiger partial charge in [0, 0.05) is 18.9 Å². The topological polar surface area (TPSA) is 134 Å². The number of β-amino-alcohol motifs (C(OH)–C–C–N with tert-alkyl or cyclic N) is 1. The third kappa shape index (κ3) is 5.21. The van der Waals surface area contributed by atoms with Crippen molar-refractivity contribution in [2.24, 2.45) is 5.92 Å². The number of likely N-dealkylation sites (tertiary alicyclic amines) is 1. The van der Waals surface area contributed by atoms with E-state index in [1.807, 2.05) is 0 Å². The number of rotatable bonds is 8.